The maximum atomic E-state index is 5.39. The van der Waals surface area contributed by atoms with E-state index in [-0.39, 0.29) is 0 Å². The van der Waals surface area contributed by atoms with Crippen LogP contribution >= 0.6 is 0 Å². The Balaban J connectivity index is 2.12. The van der Waals surface area contributed by atoms with Crippen molar-refractivity contribution in [2.24, 2.45) is 0 Å². The second kappa shape index (κ2) is 4.14. The van der Waals surface area contributed by atoms with E-state index in [1.54, 1.807) is 0 Å². The lowest BCUT2D eigenvalue weighted by Crippen LogP contribution is -2.46. The van der Waals surface area contributed by atoms with Crippen molar-refractivity contribution < 1.29 is 4.74 Å². The third kappa shape index (κ3) is 1.69. The highest BCUT2D eigenvalue weighted by Crippen LogP contribution is 2.36. The quantitative estimate of drug-likeness (QED) is 0.708. The molecule has 76 valence electrons. The smallest absolute Gasteiger partial charge is 0.0585 e. The number of unbranched alkanes of at least 4 members (excludes halogenated alkanes) is 1. The van der Waals surface area contributed by atoms with Crippen molar-refractivity contribution >= 4 is 0 Å². The van der Waals surface area contributed by atoms with Gasteiger partial charge in [0.05, 0.1) is 13.2 Å². The Morgan fingerprint density at radius 2 is 1.93 bits per heavy atom. The van der Waals surface area contributed by atoms with Gasteiger partial charge in [0.15, 0.2) is 0 Å². The molecule has 0 aromatic heterocycles. The van der Waals surface area contributed by atoms with Crippen LogP contribution in [0.2, 0.25) is 0 Å². The van der Waals surface area contributed by atoms with Gasteiger partial charge in [-0.25, -0.2) is 0 Å². The van der Waals surface area contributed by atoms with Crippen LogP contribution in [0.5, 0.6) is 0 Å². The lowest BCUT2D eigenvalue weighted by molar-refractivity contribution is -0.0652. The summed E-state index contributed by atoms with van der Waals surface area (Å²) in [5.41, 5.74) is 1.80. The summed E-state index contributed by atoms with van der Waals surface area (Å²) in [5, 5.41) is 0. The molecule has 14 heavy (non-hydrogen) atoms. The lowest BCUT2D eigenvalue weighted by atomic mass is 9.75. The zero-order valence-electron chi connectivity index (χ0n) is 8.83. The summed E-state index contributed by atoms with van der Waals surface area (Å²) in [7, 11) is 0. The SMILES string of the molecule is CCCCC1(c2ccccc2)COC1. The molecule has 1 nitrogen and oxygen atoms in total. The molecule has 0 spiro atoms. The first-order valence-corrected chi connectivity index (χ1v) is 5.51. The van der Waals surface area contributed by atoms with E-state index in [1.165, 1.54) is 24.8 Å². The molecule has 1 saturated heterocycles. The molecule has 0 saturated carbocycles. The van der Waals surface area contributed by atoms with Gasteiger partial charge in [-0.05, 0) is 12.0 Å². The molecule has 0 amide bonds. The van der Waals surface area contributed by atoms with E-state index in [1.807, 2.05) is 0 Å². The van der Waals surface area contributed by atoms with E-state index in [4.69, 9.17) is 4.74 Å². The number of rotatable bonds is 4. The molecule has 0 unspecified atom stereocenters. The topological polar surface area (TPSA) is 9.23 Å². The highest BCUT2D eigenvalue weighted by atomic mass is 16.5. The zero-order chi connectivity index (χ0) is 9.86. The molecule has 1 aromatic carbocycles. The van der Waals surface area contributed by atoms with Gasteiger partial charge in [-0.15, -0.1) is 0 Å². The standard InChI is InChI=1S/C13H18O/c1-2-3-9-13(10-14-11-13)12-7-5-4-6-8-12/h4-8H,2-3,9-11H2,1H3. The number of hydrogen-bond donors (Lipinski definition) is 0. The van der Waals surface area contributed by atoms with Crippen LogP contribution < -0.4 is 0 Å². The summed E-state index contributed by atoms with van der Waals surface area (Å²) >= 11 is 0. The van der Waals surface area contributed by atoms with E-state index < -0.39 is 0 Å². The Morgan fingerprint density at radius 1 is 1.21 bits per heavy atom. The first kappa shape index (κ1) is 9.72. The van der Waals surface area contributed by atoms with Gasteiger partial charge in [-0.2, -0.15) is 0 Å². The van der Waals surface area contributed by atoms with E-state index in [9.17, 15) is 0 Å². The minimum Gasteiger partial charge on any atom is -0.379 e. The first-order valence-electron chi connectivity index (χ1n) is 5.51. The fourth-order valence-electron chi connectivity index (χ4n) is 2.11. The van der Waals surface area contributed by atoms with Gasteiger partial charge in [-0.3, -0.25) is 0 Å². The summed E-state index contributed by atoms with van der Waals surface area (Å²) in [6.07, 6.45) is 3.85. The van der Waals surface area contributed by atoms with Crippen LogP contribution in [0.15, 0.2) is 30.3 Å². The summed E-state index contributed by atoms with van der Waals surface area (Å²) < 4.78 is 5.39. The van der Waals surface area contributed by atoms with E-state index in [2.05, 4.69) is 37.3 Å². The summed E-state index contributed by atoms with van der Waals surface area (Å²) in [5.74, 6) is 0. The van der Waals surface area contributed by atoms with Crippen LogP contribution in [-0.4, -0.2) is 13.2 Å². The number of ether oxygens (including phenoxy) is 1. The maximum Gasteiger partial charge on any atom is 0.0585 e. The molecule has 1 aliphatic heterocycles. The fourth-order valence-corrected chi connectivity index (χ4v) is 2.11. The molecule has 0 bridgehead atoms. The monoisotopic (exact) mass is 190 g/mol. The van der Waals surface area contributed by atoms with Gasteiger partial charge in [-0.1, -0.05) is 50.1 Å². The zero-order valence-corrected chi connectivity index (χ0v) is 8.83. The Kier molecular flexibility index (Phi) is 2.87. The Hall–Kier alpha value is -0.820. The molecule has 0 radical (unpaired) electrons. The van der Waals surface area contributed by atoms with E-state index in [0.29, 0.717) is 5.41 Å². The maximum absolute atomic E-state index is 5.39. The third-order valence-corrected chi connectivity index (χ3v) is 3.15. The van der Waals surface area contributed by atoms with Crippen molar-refractivity contribution in [1.29, 1.82) is 0 Å². The minimum absolute atomic E-state index is 0.345. The van der Waals surface area contributed by atoms with Crippen LogP contribution in [0.3, 0.4) is 0 Å². The van der Waals surface area contributed by atoms with Crippen molar-refractivity contribution in [1.82, 2.24) is 0 Å². The van der Waals surface area contributed by atoms with Crippen molar-refractivity contribution in [2.75, 3.05) is 13.2 Å². The van der Waals surface area contributed by atoms with Crippen molar-refractivity contribution in [2.45, 2.75) is 31.6 Å². The van der Waals surface area contributed by atoms with Crippen LogP contribution in [0, 0.1) is 0 Å². The second-order valence-corrected chi connectivity index (χ2v) is 4.24. The van der Waals surface area contributed by atoms with E-state index >= 15 is 0 Å². The predicted octanol–water partition coefficient (Wildman–Crippen LogP) is 3.14. The molecule has 0 N–H and O–H groups in total. The molecule has 1 aromatic rings. The molecule has 2 rings (SSSR count). The van der Waals surface area contributed by atoms with Gasteiger partial charge in [0.1, 0.15) is 0 Å². The lowest BCUT2D eigenvalue weighted by Gasteiger charge is -2.42. The van der Waals surface area contributed by atoms with Crippen molar-refractivity contribution in [3.63, 3.8) is 0 Å². The summed E-state index contributed by atoms with van der Waals surface area (Å²) in [6, 6.07) is 10.8. The highest BCUT2D eigenvalue weighted by molar-refractivity contribution is 5.27. The molecule has 1 heteroatoms. The largest absolute Gasteiger partial charge is 0.379 e. The van der Waals surface area contributed by atoms with Gasteiger partial charge in [0.2, 0.25) is 0 Å². The van der Waals surface area contributed by atoms with Crippen LogP contribution in [-0.2, 0) is 10.2 Å². The number of hydrogen-bond acceptors (Lipinski definition) is 1. The summed E-state index contributed by atoms with van der Waals surface area (Å²) in [6.45, 7) is 4.08. The second-order valence-electron chi connectivity index (χ2n) is 4.24. The Morgan fingerprint density at radius 3 is 2.43 bits per heavy atom. The van der Waals surface area contributed by atoms with Gasteiger partial charge < -0.3 is 4.74 Å². The molecule has 1 heterocycles. The van der Waals surface area contributed by atoms with Crippen LogP contribution in [0.1, 0.15) is 31.7 Å². The number of benzene rings is 1. The molecule has 1 fully saturated rings. The highest BCUT2D eigenvalue weighted by Gasteiger charge is 2.39. The molecular weight excluding hydrogens is 172 g/mol. The van der Waals surface area contributed by atoms with Gasteiger partial charge >= 0.3 is 0 Å². The van der Waals surface area contributed by atoms with Crippen LogP contribution in [0.25, 0.3) is 0 Å². The van der Waals surface area contributed by atoms with Gasteiger partial charge in [0.25, 0.3) is 0 Å². The van der Waals surface area contributed by atoms with Crippen molar-refractivity contribution in [3.05, 3.63) is 35.9 Å². The van der Waals surface area contributed by atoms with Crippen molar-refractivity contribution in [3.8, 4) is 0 Å². The summed E-state index contributed by atoms with van der Waals surface area (Å²) in [4.78, 5) is 0. The third-order valence-electron chi connectivity index (χ3n) is 3.15. The van der Waals surface area contributed by atoms with Gasteiger partial charge in [0, 0.05) is 5.41 Å². The van der Waals surface area contributed by atoms with E-state index in [0.717, 1.165) is 13.2 Å². The Labute approximate surface area is 86.1 Å². The fraction of sp³-hybridized carbons (Fsp3) is 0.538. The predicted molar refractivity (Wildman–Crippen MR) is 58.5 cm³/mol. The molecule has 1 aliphatic rings. The average Bonchev–Trinajstić information content (AvgIpc) is 2.18. The first-order chi connectivity index (χ1) is 6.87. The molecule has 0 atom stereocenters. The molecule has 0 aliphatic carbocycles. The minimum atomic E-state index is 0.345. The Bertz CT molecular complexity index is 275. The molecular formula is C13H18O. The average molecular weight is 190 g/mol. The normalized spacial score (nSPS) is 18.9. The van der Waals surface area contributed by atoms with Crippen LogP contribution in [0.4, 0.5) is 0 Å².